The third-order valence-electron chi connectivity index (χ3n) is 3.53. The molecule has 0 saturated heterocycles. The molecule has 0 N–H and O–H groups in total. The molecule has 0 radical (unpaired) electrons. The van der Waals surface area contributed by atoms with E-state index in [1.54, 1.807) is 6.07 Å². The van der Waals surface area contributed by atoms with Gasteiger partial charge in [0.15, 0.2) is 0 Å². The number of carbonyl (C=O) groups is 3. The molecule has 0 fully saturated rings. The number of hydrogen-bond acceptors (Lipinski definition) is 6. The number of allylic oxidation sites excluding steroid dienone is 1. The molecule has 0 aromatic heterocycles. The molecule has 28 heavy (non-hydrogen) atoms. The Kier molecular flexibility index (Phi) is 7.03. The summed E-state index contributed by atoms with van der Waals surface area (Å²) in [5.74, 6) is -1.38. The number of ether oxygens (including phenoxy) is 3. The van der Waals surface area contributed by atoms with Crippen LogP contribution >= 0.6 is 0 Å². The van der Waals surface area contributed by atoms with Crippen molar-refractivity contribution in [2.75, 3.05) is 0 Å². The summed E-state index contributed by atoms with van der Waals surface area (Å²) in [6.07, 6.45) is 0.253. The predicted molar refractivity (Wildman–Crippen MR) is 99.4 cm³/mol. The van der Waals surface area contributed by atoms with E-state index in [0.29, 0.717) is 11.1 Å². The van der Waals surface area contributed by atoms with Gasteiger partial charge >= 0.3 is 17.9 Å². The van der Waals surface area contributed by atoms with Crippen LogP contribution in [0.15, 0.2) is 49.0 Å². The van der Waals surface area contributed by atoms with Crippen molar-refractivity contribution in [2.45, 2.75) is 26.7 Å². The van der Waals surface area contributed by atoms with E-state index in [9.17, 15) is 18.8 Å². The van der Waals surface area contributed by atoms with Gasteiger partial charge in [0.2, 0.25) is 0 Å². The monoisotopic (exact) mass is 386 g/mol. The third-order valence-corrected chi connectivity index (χ3v) is 3.53. The number of benzene rings is 2. The highest BCUT2D eigenvalue weighted by Gasteiger charge is 2.14. The van der Waals surface area contributed by atoms with Crippen LogP contribution in [-0.4, -0.2) is 17.9 Å². The van der Waals surface area contributed by atoms with E-state index < -0.39 is 23.7 Å². The molecule has 0 atom stereocenters. The van der Waals surface area contributed by atoms with Gasteiger partial charge in [-0.05, 0) is 48.4 Å². The van der Waals surface area contributed by atoms with E-state index in [1.165, 1.54) is 50.2 Å². The molecule has 0 heterocycles. The van der Waals surface area contributed by atoms with Crippen LogP contribution in [0.25, 0.3) is 5.57 Å². The largest absolute Gasteiger partial charge is 0.427 e. The quantitative estimate of drug-likeness (QED) is 0.527. The zero-order valence-electron chi connectivity index (χ0n) is 15.5. The van der Waals surface area contributed by atoms with E-state index in [1.807, 2.05) is 0 Å². The highest BCUT2D eigenvalue weighted by molar-refractivity contribution is 5.79. The van der Waals surface area contributed by atoms with Crippen molar-refractivity contribution in [3.63, 3.8) is 0 Å². The Bertz CT molecular complexity index is 902. The lowest BCUT2D eigenvalue weighted by atomic mass is 10.0. The van der Waals surface area contributed by atoms with Gasteiger partial charge in [-0.25, -0.2) is 4.39 Å². The van der Waals surface area contributed by atoms with Crippen molar-refractivity contribution in [1.82, 2.24) is 0 Å². The van der Waals surface area contributed by atoms with Gasteiger partial charge in [-0.1, -0.05) is 6.58 Å². The highest BCUT2D eigenvalue weighted by atomic mass is 19.1. The van der Waals surface area contributed by atoms with Gasteiger partial charge in [-0.2, -0.15) is 0 Å². The molecule has 2 aromatic carbocycles. The summed E-state index contributed by atoms with van der Waals surface area (Å²) in [4.78, 5) is 34.4. The molecule has 2 rings (SSSR count). The molecule has 0 spiro atoms. The minimum atomic E-state index is -0.551. The number of esters is 3. The van der Waals surface area contributed by atoms with Crippen molar-refractivity contribution in [3.05, 3.63) is 60.4 Å². The van der Waals surface area contributed by atoms with E-state index in [4.69, 9.17) is 14.2 Å². The molecule has 7 heteroatoms. The third kappa shape index (κ3) is 6.35. The topological polar surface area (TPSA) is 78.9 Å². The first-order chi connectivity index (χ1) is 13.2. The van der Waals surface area contributed by atoms with E-state index in [2.05, 4.69) is 6.58 Å². The maximum absolute atomic E-state index is 12.9. The zero-order valence-corrected chi connectivity index (χ0v) is 15.5. The van der Waals surface area contributed by atoms with Crippen molar-refractivity contribution in [1.29, 1.82) is 0 Å². The fraction of sp³-hybridized carbons (Fsp3) is 0.190. The van der Waals surface area contributed by atoms with Crippen molar-refractivity contribution in [3.8, 4) is 17.2 Å². The molecular formula is C21H19FO6. The van der Waals surface area contributed by atoms with Gasteiger partial charge < -0.3 is 14.2 Å². The number of halogens is 1. The van der Waals surface area contributed by atoms with Crippen molar-refractivity contribution < 1.29 is 33.0 Å². The molecule has 0 aliphatic carbocycles. The van der Waals surface area contributed by atoms with Crippen LogP contribution in [0.3, 0.4) is 0 Å². The summed E-state index contributed by atoms with van der Waals surface area (Å²) < 4.78 is 28.1. The van der Waals surface area contributed by atoms with E-state index in [0.717, 1.165) is 0 Å². The molecule has 0 unspecified atom stereocenters. The van der Waals surface area contributed by atoms with Gasteiger partial charge in [0.25, 0.3) is 0 Å². The van der Waals surface area contributed by atoms with Crippen LogP contribution in [0.4, 0.5) is 4.39 Å². The molecular weight excluding hydrogens is 367 g/mol. The van der Waals surface area contributed by atoms with Gasteiger partial charge in [-0.3, -0.25) is 14.4 Å². The van der Waals surface area contributed by atoms with Crippen LogP contribution in [0, 0.1) is 5.82 Å². The van der Waals surface area contributed by atoms with E-state index >= 15 is 0 Å². The van der Waals surface area contributed by atoms with Crippen molar-refractivity contribution in [2.24, 2.45) is 0 Å². The fourth-order valence-electron chi connectivity index (χ4n) is 2.34. The van der Waals surface area contributed by atoms with Crippen LogP contribution < -0.4 is 14.2 Å². The summed E-state index contributed by atoms with van der Waals surface area (Å²) in [7, 11) is 0. The standard InChI is InChI=1S/C21H19FO6/c1-13(4-11-21(25)28-17-7-5-16(22)6-8-17)19-10-9-18(26-14(2)23)12-20(19)27-15(3)24/h5-10,12H,1,4,11H2,2-3H3. The number of carbonyl (C=O) groups excluding carboxylic acids is 3. The normalized spacial score (nSPS) is 10.1. The smallest absolute Gasteiger partial charge is 0.311 e. The summed E-state index contributed by atoms with van der Waals surface area (Å²) >= 11 is 0. The lowest BCUT2D eigenvalue weighted by Gasteiger charge is -2.13. The first-order valence-corrected chi connectivity index (χ1v) is 8.40. The predicted octanol–water partition coefficient (Wildman–Crippen LogP) is 4.08. The van der Waals surface area contributed by atoms with E-state index in [-0.39, 0.29) is 30.1 Å². The number of hydrogen-bond donors (Lipinski definition) is 0. The Hall–Kier alpha value is -3.48. The minimum absolute atomic E-state index is 0.0153. The second-order valence-electron chi connectivity index (χ2n) is 5.88. The summed E-state index contributed by atoms with van der Waals surface area (Å²) in [6, 6.07) is 9.62. The minimum Gasteiger partial charge on any atom is -0.427 e. The molecule has 146 valence electrons. The summed E-state index contributed by atoms with van der Waals surface area (Å²) in [6.45, 7) is 6.41. The second kappa shape index (κ2) is 9.45. The Balaban J connectivity index is 2.05. The van der Waals surface area contributed by atoms with Crippen LogP contribution in [0.5, 0.6) is 17.2 Å². The summed E-state index contributed by atoms with van der Waals surface area (Å²) in [5, 5.41) is 0. The van der Waals surface area contributed by atoms with Gasteiger partial charge in [0, 0.05) is 31.9 Å². The Morgan fingerprint density at radius 3 is 2.07 bits per heavy atom. The first kappa shape index (κ1) is 20.8. The lowest BCUT2D eigenvalue weighted by molar-refractivity contribution is -0.134. The lowest BCUT2D eigenvalue weighted by Crippen LogP contribution is -2.09. The highest BCUT2D eigenvalue weighted by Crippen LogP contribution is 2.32. The van der Waals surface area contributed by atoms with Gasteiger partial charge in [-0.15, -0.1) is 0 Å². The average Bonchev–Trinajstić information content (AvgIpc) is 2.61. The number of rotatable bonds is 7. The maximum Gasteiger partial charge on any atom is 0.311 e. The van der Waals surface area contributed by atoms with Gasteiger partial charge in [0.1, 0.15) is 23.1 Å². The Morgan fingerprint density at radius 1 is 0.857 bits per heavy atom. The van der Waals surface area contributed by atoms with Crippen molar-refractivity contribution >= 4 is 23.5 Å². The molecule has 0 saturated carbocycles. The molecule has 0 bridgehead atoms. The first-order valence-electron chi connectivity index (χ1n) is 8.40. The Labute approximate surface area is 161 Å². The summed E-state index contributed by atoms with van der Waals surface area (Å²) in [5.41, 5.74) is 1.03. The average molecular weight is 386 g/mol. The Morgan fingerprint density at radius 2 is 1.46 bits per heavy atom. The van der Waals surface area contributed by atoms with Crippen LogP contribution in [0.2, 0.25) is 0 Å². The fourth-order valence-corrected chi connectivity index (χ4v) is 2.34. The van der Waals surface area contributed by atoms with Gasteiger partial charge in [0.05, 0.1) is 0 Å². The van der Waals surface area contributed by atoms with Crippen LogP contribution in [0.1, 0.15) is 32.3 Å². The molecule has 0 aliphatic rings. The SMILES string of the molecule is C=C(CCC(=O)Oc1ccc(F)cc1)c1ccc(OC(C)=O)cc1OC(C)=O. The maximum atomic E-state index is 12.9. The second-order valence-corrected chi connectivity index (χ2v) is 5.88. The molecule has 0 aliphatic heterocycles. The van der Waals surface area contributed by atoms with Crippen LogP contribution in [-0.2, 0) is 14.4 Å². The molecule has 2 aromatic rings. The molecule has 0 amide bonds. The zero-order chi connectivity index (χ0) is 20.7. The molecule has 6 nitrogen and oxygen atoms in total.